The first kappa shape index (κ1) is 30.5. The van der Waals surface area contributed by atoms with Gasteiger partial charge in [0.05, 0.1) is 6.10 Å². The van der Waals surface area contributed by atoms with Gasteiger partial charge in [-0.1, -0.05) is 31.1 Å². The summed E-state index contributed by atoms with van der Waals surface area (Å²) in [6, 6.07) is 6.23. The number of unbranched alkanes of at least 4 members (excludes halogenated alkanes) is 3. The van der Waals surface area contributed by atoms with E-state index in [2.05, 4.69) is 21.9 Å². The molecule has 0 bridgehead atoms. The van der Waals surface area contributed by atoms with Crippen molar-refractivity contribution in [2.75, 3.05) is 39.3 Å². The van der Waals surface area contributed by atoms with Crippen LogP contribution in [0, 0.1) is 0 Å². The van der Waals surface area contributed by atoms with Crippen LogP contribution in [0.5, 0.6) is 5.75 Å². The van der Waals surface area contributed by atoms with Crippen molar-refractivity contribution in [2.24, 2.45) is 0 Å². The van der Waals surface area contributed by atoms with E-state index in [1.807, 2.05) is 24.8 Å². The zero-order valence-corrected chi connectivity index (χ0v) is 24.3. The van der Waals surface area contributed by atoms with Gasteiger partial charge in [-0.2, -0.15) is 13.2 Å². The van der Waals surface area contributed by atoms with Gasteiger partial charge in [-0.15, -0.1) is 0 Å². The second kappa shape index (κ2) is 14.4. The Hall–Kier alpha value is -2.48. The maximum atomic E-state index is 13.1. The number of nitrogens with zero attached hydrogens (tertiary/aromatic N) is 3. The standard InChI is InChI=1S/C32H46F3N3O2/c1-25(2)40-30-15-12-27-24-38(18-16-26(27)23-30)31(39)11-5-3-4-8-17-36-19-21-37(22-20-36)29-10-7-6-9-28(13-14-29)32(33,34)35/h9,12,14-15,23,25H,3-8,10-11,13,16-22,24H2,1-2H3/b28-9+,29-14+. The molecule has 4 rings (SSSR count). The van der Waals surface area contributed by atoms with Crippen LogP contribution in [0.4, 0.5) is 13.2 Å². The second-order valence-corrected chi connectivity index (χ2v) is 11.7. The Morgan fingerprint density at radius 2 is 1.73 bits per heavy atom. The fourth-order valence-electron chi connectivity index (χ4n) is 5.96. The molecule has 8 heteroatoms. The molecule has 2 heterocycles. The lowest BCUT2D eigenvalue weighted by Crippen LogP contribution is -2.46. The molecule has 0 spiro atoms. The molecule has 1 aromatic rings. The number of ether oxygens (including phenoxy) is 1. The molecule has 5 nitrogen and oxygen atoms in total. The minimum atomic E-state index is -4.22. The molecule has 1 aliphatic carbocycles. The summed E-state index contributed by atoms with van der Waals surface area (Å²) in [5, 5.41) is 0. The van der Waals surface area contributed by atoms with Gasteiger partial charge in [0.25, 0.3) is 0 Å². The van der Waals surface area contributed by atoms with E-state index in [9.17, 15) is 18.0 Å². The Labute approximate surface area is 238 Å². The number of amides is 1. The third-order valence-electron chi connectivity index (χ3n) is 8.26. The first-order valence-electron chi connectivity index (χ1n) is 15.2. The van der Waals surface area contributed by atoms with E-state index in [0.29, 0.717) is 19.4 Å². The molecule has 0 unspecified atom stereocenters. The highest BCUT2D eigenvalue weighted by Crippen LogP contribution is 2.32. The Morgan fingerprint density at radius 1 is 0.950 bits per heavy atom. The van der Waals surface area contributed by atoms with Crippen molar-refractivity contribution in [2.45, 2.75) is 96.9 Å². The Balaban J connectivity index is 1.08. The summed E-state index contributed by atoms with van der Waals surface area (Å²) >= 11 is 0. The minimum Gasteiger partial charge on any atom is -0.491 e. The summed E-state index contributed by atoms with van der Waals surface area (Å²) in [7, 11) is 0. The lowest BCUT2D eigenvalue weighted by atomic mass is 9.99. The van der Waals surface area contributed by atoms with Crippen LogP contribution < -0.4 is 4.74 Å². The fourth-order valence-corrected chi connectivity index (χ4v) is 5.96. The maximum Gasteiger partial charge on any atom is 0.412 e. The van der Waals surface area contributed by atoms with E-state index in [0.717, 1.165) is 95.7 Å². The Bertz CT molecular complexity index is 1040. The third-order valence-corrected chi connectivity index (χ3v) is 8.26. The largest absolute Gasteiger partial charge is 0.491 e. The van der Waals surface area contributed by atoms with Gasteiger partial charge in [-0.3, -0.25) is 9.69 Å². The van der Waals surface area contributed by atoms with Crippen LogP contribution in [0.1, 0.15) is 82.8 Å². The predicted octanol–water partition coefficient (Wildman–Crippen LogP) is 6.87. The molecule has 0 radical (unpaired) electrons. The first-order chi connectivity index (χ1) is 19.2. The topological polar surface area (TPSA) is 36.0 Å². The number of rotatable bonds is 10. The van der Waals surface area contributed by atoms with Gasteiger partial charge < -0.3 is 14.5 Å². The number of alkyl halides is 3. The number of allylic oxidation sites excluding steroid dienone is 4. The number of benzene rings is 1. The first-order valence-corrected chi connectivity index (χ1v) is 15.2. The molecule has 222 valence electrons. The van der Waals surface area contributed by atoms with Crippen molar-refractivity contribution in [3.8, 4) is 5.75 Å². The summed E-state index contributed by atoms with van der Waals surface area (Å²) < 4.78 is 45.2. The van der Waals surface area contributed by atoms with E-state index in [1.165, 1.54) is 17.2 Å². The molecule has 0 aromatic heterocycles. The lowest BCUT2D eigenvalue weighted by molar-refractivity contribution is -0.132. The molecule has 1 saturated heterocycles. The molecule has 1 aromatic carbocycles. The highest BCUT2D eigenvalue weighted by atomic mass is 19.4. The highest BCUT2D eigenvalue weighted by molar-refractivity contribution is 5.76. The highest BCUT2D eigenvalue weighted by Gasteiger charge is 2.33. The normalized spacial score (nSPS) is 21.6. The summed E-state index contributed by atoms with van der Waals surface area (Å²) in [6.07, 6.45) is 6.95. The van der Waals surface area contributed by atoms with Crippen molar-refractivity contribution in [1.82, 2.24) is 14.7 Å². The Morgan fingerprint density at radius 3 is 2.48 bits per heavy atom. The molecular weight excluding hydrogens is 515 g/mol. The van der Waals surface area contributed by atoms with Gasteiger partial charge >= 0.3 is 6.18 Å². The summed E-state index contributed by atoms with van der Waals surface area (Å²) in [5.41, 5.74) is 3.19. The van der Waals surface area contributed by atoms with Crippen LogP contribution in [0.3, 0.4) is 0 Å². The maximum absolute atomic E-state index is 13.1. The molecule has 1 amide bonds. The minimum absolute atomic E-state index is 0.0126. The van der Waals surface area contributed by atoms with Gasteiger partial charge in [0.2, 0.25) is 5.91 Å². The number of carbonyl (C=O) groups is 1. The molecular formula is C32H46F3N3O2. The second-order valence-electron chi connectivity index (χ2n) is 11.7. The fraction of sp³-hybridized carbons (Fsp3) is 0.656. The quantitative estimate of drug-likeness (QED) is 0.231. The summed E-state index contributed by atoms with van der Waals surface area (Å²) in [6.45, 7) is 10.3. The molecule has 1 fully saturated rings. The number of hydrogen-bond donors (Lipinski definition) is 0. The summed E-state index contributed by atoms with van der Waals surface area (Å²) in [4.78, 5) is 19.5. The number of halogens is 3. The van der Waals surface area contributed by atoms with Gasteiger partial charge in [0.1, 0.15) is 5.75 Å². The van der Waals surface area contributed by atoms with Crippen LogP contribution in [0.2, 0.25) is 0 Å². The average Bonchev–Trinajstić information content (AvgIpc) is 2.89. The molecule has 0 atom stereocenters. The van der Waals surface area contributed by atoms with Crippen molar-refractivity contribution in [1.29, 1.82) is 0 Å². The monoisotopic (exact) mass is 561 g/mol. The van der Waals surface area contributed by atoms with E-state index < -0.39 is 11.7 Å². The van der Waals surface area contributed by atoms with Crippen molar-refractivity contribution < 1.29 is 22.7 Å². The number of fused-ring (bicyclic) bond motifs is 1. The molecule has 2 aliphatic heterocycles. The number of carbonyl (C=O) groups excluding carboxylic acids is 1. The van der Waals surface area contributed by atoms with E-state index in [-0.39, 0.29) is 18.4 Å². The van der Waals surface area contributed by atoms with Gasteiger partial charge in [-0.05, 0) is 88.6 Å². The predicted molar refractivity (Wildman–Crippen MR) is 153 cm³/mol. The smallest absolute Gasteiger partial charge is 0.412 e. The van der Waals surface area contributed by atoms with Crippen LogP contribution in [0.25, 0.3) is 0 Å². The van der Waals surface area contributed by atoms with Crippen molar-refractivity contribution in [3.05, 3.63) is 52.7 Å². The van der Waals surface area contributed by atoms with Crippen molar-refractivity contribution >= 4 is 5.91 Å². The number of piperazine rings is 1. The SMILES string of the molecule is CC(C)Oc1ccc2c(c1)CCN(C(=O)CCCCCCN1CCN(/C3=C/C/C(C(F)(F)F)=C\CCC3)CC1)C2. The number of hydrogen-bond acceptors (Lipinski definition) is 4. The van der Waals surface area contributed by atoms with Crippen LogP contribution in [-0.2, 0) is 17.8 Å². The molecule has 0 N–H and O–H groups in total. The van der Waals surface area contributed by atoms with Crippen LogP contribution in [-0.4, -0.2) is 72.2 Å². The summed E-state index contributed by atoms with van der Waals surface area (Å²) in [5.74, 6) is 1.16. The van der Waals surface area contributed by atoms with Gasteiger partial charge in [-0.25, -0.2) is 0 Å². The van der Waals surface area contributed by atoms with Crippen LogP contribution in [0.15, 0.2) is 41.6 Å². The molecule has 0 saturated carbocycles. The average molecular weight is 562 g/mol. The Kier molecular flexibility index (Phi) is 11.0. The zero-order chi connectivity index (χ0) is 28.5. The molecule has 40 heavy (non-hydrogen) atoms. The van der Waals surface area contributed by atoms with Gasteiger partial charge in [0, 0.05) is 57.0 Å². The lowest BCUT2D eigenvalue weighted by Gasteiger charge is -2.38. The van der Waals surface area contributed by atoms with Crippen molar-refractivity contribution in [3.63, 3.8) is 0 Å². The molecule has 3 aliphatic rings. The van der Waals surface area contributed by atoms with E-state index >= 15 is 0 Å². The van der Waals surface area contributed by atoms with E-state index in [4.69, 9.17) is 4.74 Å². The van der Waals surface area contributed by atoms with Crippen LogP contribution >= 0.6 is 0 Å². The van der Waals surface area contributed by atoms with E-state index in [1.54, 1.807) is 6.08 Å². The van der Waals surface area contributed by atoms with Gasteiger partial charge in [0.15, 0.2) is 0 Å². The third kappa shape index (κ3) is 9.02. The zero-order valence-electron chi connectivity index (χ0n) is 24.3.